The number of aromatic nitrogens is 4. The Balaban J connectivity index is 1.27. The van der Waals surface area contributed by atoms with E-state index in [1.807, 2.05) is 41.2 Å². The van der Waals surface area contributed by atoms with Gasteiger partial charge in [0.2, 0.25) is 0 Å². The summed E-state index contributed by atoms with van der Waals surface area (Å²) in [5.74, 6) is 0.177. The van der Waals surface area contributed by atoms with Gasteiger partial charge in [-0.2, -0.15) is 18.3 Å². The first-order valence-electron chi connectivity index (χ1n) is 11.3. The van der Waals surface area contributed by atoms with E-state index < -0.39 is 11.7 Å². The molecule has 1 aliphatic rings. The fourth-order valence-corrected chi connectivity index (χ4v) is 4.54. The first-order chi connectivity index (χ1) is 16.5. The van der Waals surface area contributed by atoms with Crippen LogP contribution in [0.4, 0.5) is 13.2 Å². The third-order valence-corrected chi connectivity index (χ3v) is 6.28. The average molecular weight is 464 g/mol. The molecule has 3 heterocycles. The monoisotopic (exact) mass is 463 g/mol. The van der Waals surface area contributed by atoms with Gasteiger partial charge in [-0.05, 0) is 55.8 Å². The van der Waals surface area contributed by atoms with E-state index >= 15 is 0 Å². The van der Waals surface area contributed by atoms with Crippen molar-refractivity contribution in [1.82, 2.24) is 24.6 Å². The molecule has 8 heteroatoms. The van der Waals surface area contributed by atoms with Crippen molar-refractivity contribution in [3.63, 3.8) is 0 Å². The molecule has 0 aliphatic carbocycles. The molecule has 4 aromatic rings. The van der Waals surface area contributed by atoms with Crippen molar-refractivity contribution < 1.29 is 13.2 Å². The van der Waals surface area contributed by atoms with Gasteiger partial charge in [0.05, 0.1) is 23.1 Å². The zero-order valence-electron chi connectivity index (χ0n) is 18.5. The second-order valence-electron chi connectivity index (χ2n) is 8.58. The van der Waals surface area contributed by atoms with Gasteiger partial charge < -0.3 is 0 Å². The molecule has 1 fully saturated rings. The highest BCUT2D eigenvalue weighted by atomic mass is 19.4. The van der Waals surface area contributed by atoms with Gasteiger partial charge >= 0.3 is 6.18 Å². The molecule has 0 radical (unpaired) electrons. The molecule has 2 aromatic carbocycles. The summed E-state index contributed by atoms with van der Waals surface area (Å²) in [6.07, 6.45) is 4.45. The standard InChI is InChI=1S/C26H24F3N5/c27-26(28,29)22-6-4-5-21(13-22)24-15-30-18-31-25(24)20-9-11-33(12-10-20)16-19-14-32-34(17-19)23-7-2-1-3-8-23/h1-8,13-15,17-18,20H,9-12,16H2. The SMILES string of the molecule is FC(F)(F)c1cccc(-c2cncnc2C2CCN(Cc3cnn(-c4ccccc4)c3)CC2)c1. The largest absolute Gasteiger partial charge is 0.416 e. The Labute approximate surface area is 195 Å². The van der Waals surface area contributed by atoms with Gasteiger partial charge in [-0.1, -0.05) is 30.3 Å². The predicted molar refractivity (Wildman–Crippen MR) is 123 cm³/mol. The van der Waals surface area contributed by atoms with E-state index in [0.29, 0.717) is 11.1 Å². The third kappa shape index (κ3) is 4.87. The van der Waals surface area contributed by atoms with Crippen LogP contribution in [-0.4, -0.2) is 37.7 Å². The van der Waals surface area contributed by atoms with E-state index in [2.05, 4.69) is 26.2 Å². The average Bonchev–Trinajstić information content (AvgIpc) is 3.33. The van der Waals surface area contributed by atoms with Crippen LogP contribution in [0.5, 0.6) is 0 Å². The van der Waals surface area contributed by atoms with E-state index in [0.717, 1.165) is 55.5 Å². The molecule has 174 valence electrons. The second kappa shape index (κ2) is 9.38. The normalized spacial score (nSPS) is 15.5. The first kappa shape index (κ1) is 22.3. The molecule has 0 atom stereocenters. The maximum absolute atomic E-state index is 13.2. The Kier molecular flexibility index (Phi) is 6.15. The van der Waals surface area contributed by atoms with Crippen molar-refractivity contribution in [3.05, 3.63) is 96.3 Å². The Bertz CT molecular complexity index is 1240. The quantitative estimate of drug-likeness (QED) is 0.379. The number of rotatable bonds is 5. The molecule has 5 nitrogen and oxygen atoms in total. The summed E-state index contributed by atoms with van der Waals surface area (Å²) in [5.41, 5.74) is 3.52. The lowest BCUT2D eigenvalue weighted by atomic mass is 9.88. The number of likely N-dealkylation sites (tertiary alicyclic amines) is 1. The predicted octanol–water partition coefficient (Wildman–Crippen LogP) is 5.73. The van der Waals surface area contributed by atoms with Gasteiger partial charge in [-0.25, -0.2) is 14.6 Å². The molecule has 1 saturated heterocycles. The number of hydrogen-bond acceptors (Lipinski definition) is 4. The zero-order chi connectivity index (χ0) is 23.5. The highest BCUT2D eigenvalue weighted by molar-refractivity contribution is 5.66. The number of halogens is 3. The van der Waals surface area contributed by atoms with Crippen molar-refractivity contribution >= 4 is 0 Å². The Hall–Kier alpha value is -3.52. The first-order valence-corrected chi connectivity index (χ1v) is 11.3. The van der Waals surface area contributed by atoms with Crippen molar-refractivity contribution in [2.75, 3.05) is 13.1 Å². The van der Waals surface area contributed by atoms with Gasteiger partial charge in [0.15, 0.2) is 0 Å². The summed E-state index contributed by atoms with van der Waals surface area (Å²) in [4.78, 5) is 11.0. The highest BCUT2D eigenvalue weighted by Gasteiger charge is 2.31. The molecule has 0 unspecified atom stereocenters. The number of piperidine rings is 1. The Morgan fingerprint density at radius 1 is 0.941 bits per heavy atom. The van der Waals surface area contributed by atoms with Gasteiger partial charge in [-0.15, -0.1) is 0 Å². The summed E-state index contributed by atoms with van der Waals surface area (Å²) in [5, 5.41) is 4.48. The van der Waals surface area contributed by atoms with Gasteiger partial charge in [-0.3, -0.25) is 4.90 Å². The third-order valence-electron chi connectivity index (χ3n) is 6.28. The molecule has 0 spiro atoms. The maximum Gasteiger partial charge on any atom is 0.416 e. The van der Waals surface area contributed by atoms with Crippen molar-refractivity contribution in [2.45, 2.75) is 31.5 Å². The molecule has 5 rings (SSSR count). The number of benzene rings is 2. The summed E-state index contributed by atoms with van der Waals surface area (Å²) in [7, 11) is 0. The van der Waals surface area contributed by atoms with E-state index in [1.165, 1.54) is 18.5 Å². The molecule has 34 heavy (non-hydrogen) atoms. The lowest BCUT2D eigenvalue weighted by Crippen LogP contribution is -2.32. The molecule has 0 saturated carbocycles. The number of para-hydroxylation sites is 1. The second-order valence-corrected chi connectivity index (χ2v) is 8.58. The minimum Gasteiger partial charge on any atom is -0.299 e. The Morgan fingerprint density at radius 3 is 2.50 bits per heavy atom. The maximum atomic E-state index is 13.2. The van der Waals surface area contributed by atoms with Crippen LogP contribution < -0.4 is 0 Å². The fraction of sp³-hybridized carbons (Fsp3) is 0.269. The minimum absolute atomic E-state index is 0.177. The molecule has 1 aliphatic heterocycles. The van der Waals surface area contributed by atoms with E-state index in [4.69, 9.17) is 0 Å². The summed E-state index contributed by atoms with van der Waals surface area (Å²) < 4.78 is 41.5. The zero-order valence-corrected chi connectivity index (χ0v) is 18.5. The van der Waals surface area contributed by atoms with Gasteiger partial charge in [0, 0.05) is 36.0 Å². The van der Waals surface area contributed by atoms with Gasteiger partial charge in [0.1, 0.15) is 6.33 Å². The van der Waals surface area contributed by atoms with Crippen LogP contribution in [-0.2, 0) is 12.7 Å². The van der Waals surface area contributed by atoms with Crippen LogP contribution in [0.15, 0.2) is 79.5 Å². The molecule has 0 bridgehead atoms. The van der Waals surface area contributed by atoms with Crippen LogP contribution in [0.1, 0.15) is 35.6 Å². The number of alkyl halides is 3. The van der Waals surface area contributed by atoms with Crippen LogP contribution in [0, 0.1) is 0 Å². The van der Waals surface area contributed by atoms with Crippen molar-refractivity contribution in [2.24, 2.45) is 0 Å². The lowest BCUT2D eigenvalue weighted by molar-refractivity contribution is -0.137. The van der Waals surface area contributed by atoms with Crippen LogP contribution in [0.25, 0.3) is 16.8 Å². The molecule has 0 N–H and O–H groups in total. The number of nitrogens with zero attached hydrogens (tertiary/aromatic N) is 5. The Morgan fingerprint density at radius 2 is 1.74 bits per heavy atom. The van der Waals surface area contributed by atoms with E-state index in [9.17, 15) is 13.2 Å². The molecule has 2 aromatic heterocycles. The van der Waals surface area contributed by atoms with Gasteiger partial charge in [0.25, 0.3) is 0 Å². The summed E-state index contributed by atoms with van der Waals surface area (Å²) >= 11 is 0. The molecular weight excluding hydrogens is 439 g/mol. The summed E-state index contributed by atoms with van der Waals surface area (Å²) in [6.45, 7) is 2.57. The number of hydrogen-bond donors (Lipinski definition) is 0. The fourth-order valence-electron chi connectivity index (χ4n) is 4.54. The van der Waals surface area contributed by atoms with Crippen molar-refractivity contribution in [3.8, 4) is 16.8 Å². The minimum atomic E-state index is -4.38. The topological polar surface area (TPSA) is 46.8 Å². The summed E-state index contributed by atoms with van der Waals surface area (Å²) in [6, 6.07) is 15.4. The van der Waals surface area contributed by atoms with Crippen LogP contribution >= 0.6 is 0 Å². The van der Waals surface area contributed by atoms with E-state index in [-0.39, 0.29) is 5.92 Å². The van der Waals surface area contributed by atoms with E-state index in [1.54, 1.807) is 12.3 Å². The smallest absolute Gasteiger partial charge is 0.299 e. The van der Waals surface area contributed by atoms with Crippen LogP contribution in [0.2, 0.25) is 0 Å². The van der Waals surface area contributed by atoms with Crippen LogP contribution in [0.3, 0.4) is 0 Å². The lowest BCUT2D eigenvalue weighted by Gasteiger charge is -2.32. The highest BCUT2D eigenvalue weighted by Crippen LogP contribution is 2.36. The van der Waals surface area contributed by atoms with Crippen molar-refractivity contribution in [1.29, 1.82) is 0 Å². The molecule has 0 amide bonds. The molecular formula is C26H24F3N5.